The third-order valence-corrected chi connectivity index (χ3v) is 8.23. The van der Waals surface area contributed by atoms with Crippen molar-refractivity contribution >= 4 is 50.8 Å². The zero-order chi connectivity index (χ0) is 28.6. The van der Waals surface area contributed by atoms with Gasteiger partial charge in [0.25, 0.3) is 0 Å². The van der Waals surface area contributed by atoms with Crippen LogP contribution < -0.4 is 10.6 Å². The number of sulfone groups is 1. The number of aliphatic imine (C=N–C) groups is 1. The van der Waals surface area contributed by atoms with E-state index in [4.69, 9.17) is 27.9 Å². The van der Waals surface area contributed by atoms with Gasteiger partial charge in [-0.25, -0.2) is 13.2 Å². The van der Waals surface area contributed by atoms with Crippen LogP contribution in [0.25, 0.3) is 0 Å². The van der Waals surface area contributed by atoms with Crippen molar-refractivity contribution < 1.29 is 22.7 Å². The molecule has 0 saturated heterocycles. The lowest BCUT2D eigenvalue weighted by Gasteiger charge is -2.25. The van der Waals surface area contributed by atoms with E-state index in [0.717, 1.165) is 11.1 Å². The highest BCUT2D eigenvalue weighted by Crippen LogP contribution is 2.29. The number of amides is 1. The summed E-state index contributed by atoms with van der Waals surface area (Å²) in [6, 6.07) is 12.2. The molecular weight excluding hydrogens is 563 g/mol. The Kier molecular flexibility index (Phi) is 10.9. The van der Waals surface area contributed by atoms with Gasteiger partial charge in [0, 0.05) is 18.5 Å². The number of hydrogen-bond acceptors (Lipinski definition) is 8. The first-order valence-electron chi connectivity index (χ1n) is 12.6. The normalized spacial score (nSPS) is 13.9. The minimum atomic E-state index is -3.67. The average molecular weight is 598 g/mol. The lowest BCUT2D eigenvalue weighted by molar-refractivity contribution is -0.118. The fourth-order valence-electron chi connectivity index (χ4n) is 3.79. The van der Waals surface area contributed by atoms with Gasteiger partial charge in [0.2, 0.25) is 0 Å². The molecule has 9 nitrogen and oxygen atoms in total. The van der Waals surface area contributed by atoms with Crippen LogP contribution in [0, 0.1) is 0 Å². The minimum absolute atomic E-state index is 0.00838. The molecule has 0 aromatic heterocycles. The Balaban J connectivity index is 1.36. The van der Waals surface area contributed by atoms with E-state index in [-0.39, 0.29) is 46.1 Å². The van der Waals surface area contributed by atoms with E-state index in [0.29, 0.717) is 31.9 Å². The number of rotatable bonds is 12. The monoisotopic (exact) mass is 596 g/mol. The SMILES string of the molecule is CC(C)(C)OC(=O)N1CCN=C1c1ccc(CCNCC(=O)CCNCS(=O)(=O)c2cccc(Cl)c2Cl)cc1. The first kappa shape index (κ1) is 31.0. The predicted molar refractivity (Wildman–Crippen MR) is 154 cm³/mol. The second-order valence-electron chi connectivity index (χ2n) is 10.1. The van der Waals surface area contributed by atoms with Gasteiger partial charge < -0.3 is 15.4 Å². The number of Topliss-reactive ketones (excluding diaryl/α,β-unsaturated/α-hetero) is 1. The van der Waals surface area contributed by atoms with Crippen LogP contribution >= 0.6 is 23.2 Å². The van der Waals surface area contributed by atoms with E-state index in [1.165, 1.54) is 18.2 Å². The van der Waals surface area contributed by atoms with Gasteiger partial charge in [0.05, 0.1) is 34.6 Å². The van der Waals surface area contributed by atoms with Crippen molar-refractivity contribution in [3.05, 3.63) is 63.6 Å². The van der Waals surface area contributed by atoms with E-state index >= 15 is 0 Å². The van der Waals surface area contributed by atoms with Crippen molar-refractivity contribution in [1.82, 2.24) is 15.5 Å². The molecule has 0 bridgehead atoms. The Hall–Kier alpha value is -2.50. The number of carbonyl (C=O) groups is 2. The molecule has 0 spiro atoms. The standard InChI is InChI=1S/C27H34Cl2N4O5S/c1-27(2,3)38-26(35)33-16-15-32-25(33)20-9-7-19(8-10-20)11-13-30-17-21(34)12-14-31-18-39(36,37)23-6-4-5-22(28)24(23)29/h4-10,30-31H,11-18H2,1-3H3. The molecule has 2 aromatic carbocycles. The van der Waals surface area contributed by atoms with Crippen molar-refractivity contribution in [3.8, 4) is 0 Å². The van der Waals surface area contributed by atoms with Crippen molar-refractivity contribution in [2.24, 2.45) is 4.99 Å². The summed E-state index contributed by atoms with van der Waals surface area (Å²) in [6.45, 7) is 7.54. The van der Waals surface area contributed by atoms with Crippen LogP contribution in [0.3, 0.4) is 0 Å². The van der Waals surface area contributed by atoms with E-state index in [1.54, 1.807) is 4.90 Å². The Morgan fingerprint density at radius 2 is 1.77 bits per heavy atom. The van der Waals surface area contributed by atoms with Crippen LogP contribution in [0.2, 0.25) is 10.0 Å². The Bertz CT molecular complexity index is 1310. The number of benzene rings is 2. The maximum atomic E-state index is 12.5. The third-order valence-electron chi connectivity index (χ3n) is 5.70. The number of nitrogens with zero attached hydrogens (tertiary/aromatic N) is 2. The van der Waals surface area contributed by atoms with E-state index < -0.39 is 21.5 Å². The zero-order valence-corrected chi connectivity index (χ0v) is 24.6. The highest BCUT2D eigenvalue weighted by atomic mass is 35.5. The van der Waals surface area contributed by atoms with E-state index in [1.807, 2.05) is 45.0 Å². The summed E-state index contributed by atoms with van der Waals surface area (Å²) in [6.07, 6.45) is 0.503. The zero-order valence-electron chi connectivity index (χ0n) is 22.3. The molecule has 0 saturated carbocycles. The molecule has 2 N–H and O–H groups in total. The van der Waals surface area contributed by atoms with E-state index in [2.05, 4.69) is 15.6 Å². The average Bonchev–Trinajstić information content (AvgIpc) is 3.36. The van der Waals surface area contributed by atoms with Crippen molar-refractivity contribution in [2.75, 3.05) is 38.6 Å². The van der Waals surface area contributed by atoms with Crippen LogP contribution in [0.5, 0.6) is 0 Å². The Morgan fingerprint density at radius 1 is 1.05 bits per heavy atom. The molecule has 1 heterocycles. The number of nitrogens with one attached hydrogen (secondary N) is 2. The van der Waals surface area contributed by atoms with Gasteiger partial charge in [-0.05, 0) is 51.4 Å². The molecule has 12 heteroatoms. The van der Waals surface area contributed by atoms with Gasteiger partial charge in [-0.2, -0.15) is 0 Å². The van der Waals surface area contributed by atoms with Gasteiger partial charge in [-0.1, -0.05) is 53.5 Å². The van der Waals surface area contributed by atoms with Gasteiger partial charge in [-0.3, -0.25) is 14.7 Å². The van der Waals surface area contributed by atoms with Gasteiger partial charge in [0.1, 0.15) is 23.1 Å². The molecule has 1 aliphatic rings. The summed E-state index contributed by atoms with van der Waals surface area (Å²) in [5.74, 6) is 0.236. The molecule has 2 aromatic rings. The van der Waals surface area contributed by atoms with Crippen molar-refractivity contribution in [2.45, 2.75) is 44.1 Å². The summed E-state index contributed by atoms with van der Waals surface area (Å²) in [4.78, 5) is 30.7. The van der Waals surface area contributed by atoms with Crippen LogP contribution in [0.15, 0.2) is 52.4 Å². The number of halogens is 2. The van der Waals surface area contributed by atoms with Crippen LogP contribution in [-0.2, 0) is 25.8 Å². The number of hydrogen-bond donors (Lipinski definition) is 2. The summed E-state index contributed by atoms with van der Waals surface area (Å²) in [7, 11) is -3.67. The Labute approximate surface area is 239 Å². The lowest BCUT2D eigenvalue weighted by Crippen LogP contribution is -2.39. The molecule has 39 heavy (non-hydrogen) atoms. The molecule has 1 amide bonds. The summed E-state index contributed by atoms with van der Waals surface area (Å²) in [5.41, 5.74) is 1.34. The molecular formula is C27H34Cl2N4O5S. The van der Waals surface area contributed by atoms with Crippen molar-refractivity contribution in [3.63, 3.8) is 0 Å². The molecule has 3 rings (SSSR count). The smallest absolute Gasteiger partial charge is 0.416 e. The molecule has 212 valence electrons. The number of ketones is 1. The Morgan fingerprint density at radius 3 is 2.46 bits per heavy atom. The highest BCUT2D eigenvalue weighted by Gasteiger charge is 2.29. The summed E-state index contributed by atoms with van der Waals surface area (Å²) >= 11 is 11.9. The number of amidine groups is 1. The summed E-state index contributed by atoms with van der Waals surface area (Å²) in [5, 5.41) is 6.07. The lowest BCUT2D eigenvalue weighted by atomic mass is 10.1. The first-order valence-corrected chi connectivity index (χ1v) is 15.0. The fourth-order valence-corrected chi connectivity index (χ4v) is 5.74. The molecule has 0 fully saturated rings. The molecule has 0 atom stereocenters. The van der Waals surface area contributed by atoms with Crippen molar-refractivity contribution in [1.29, 1.82) is 0 Å². The topological polar surface area (TPSA) is 117 Å². The molecule has 0 radical (unpaired) electrons. The number of ether oxygens (including phenoxy) is 1. The van der Waals surface area contributed by atoms with Crippen LogP contribution in [-0.4, -0.2) is 75.2 Å². The molecule has 0 unspecified atom stereocenters. The first-order chi connectivity index (χ1) is 18.4. The third kappa shape index (κ3) is 9.29. The van der Waals surface area contributed by atoms with Gasteiger partial charge in [-0.15, -0.1) is 0 Å². The highest BCUT2D eigenvalue weighted by molar-refractivity contribution is 7.91. The van der Waals surface area contributed by atoms with E-state index in [9.17, 15) is 18.0 Å². The minimum Gasteiger partial charge on any atom is -0.443 e. The molecule has 1 aliphatic heterocycles. The maximum absolute atomic E-state index is 12.5. The molecule has 0 aliphatic carbocycles. The quantitative estimate of drug-likeness (QED) is 0.354. The maximum Gasteiger partial charge on any atom is 0.416 e. The second-order valence-corrected chi connectivity index (χ2v) is 12.8. The van der Waals surface area contributed by atoms with Crippen LogP contribution in [0.4, 0.5) is 4.79 Å². The van der Waals surface area contributed by atoms with Gasteiger partial charge in [0.15, 0.2) is 9.84 Å². The number of carbonyl (C=O) groups excluding carboxylic acids is 2. The van der Waals surface area contributed by atoms with Crippen LogP contribution in [0.1, 0.15) is 38.3 Å². The largest absolute Gasteiger partial charge is 0.443 e. The fraction of sp³-hybridized carbons (Fsp3) is 0.444. The second kappa shape index (κ2) is 13.7. The van der Waals surface area contributed by atoms with Gasteiger partial charge >= 0.3 is 6.09 Å². The summed E-state index contributed by atoms with van der Waals surface area (Å²) < 4.78 is 30.4. The predicted octanol–water partition coefficient (Wildman–Crippen LogP) is 4.10.